The predicted molar refractivity (Wildman–Crippen MR) is 67.9 cm³/mol. The Kier molecular flexibility index (Phi) is 2.91. The molecule has 0 saturated heterocycles. The summed E-state index contributed by atoms with van der Waals surface area (Å²) in [6, 6.07) is 0. The van der Waals surface area contributed by atoms with Gasteiger partial charge in [-0.2, -0.15) is 5.10 Å². The Hall–Kier alpha value is -1.74. The van der Waals surface area contributed by atoms with Crippen molar-refractivity contribution >= 4 is 23.0 Å². The van der Waals surface area contributed by atoms with Crippen LogP contribution in [0.3, 0.4) is 0 Å². The fraction of sp³-hybridized carbons (Fsp3) is 0.545. The summed E-state index contributed by atoms with van der Waals surface area (Å²) < 4.78 is 19.8. The van der Waals surface area contributed by atoms with E-state index < -0.39 is 21.8 Å². The highest BCUT2D eigenvalue weighted by molar-refractivity contribution is 7.81. The van der Waals surface area contributed by atoms with E-state index in [1.54, 1.807) is 0 Å². The maximum absolute atomic E-state index is 12.3. The fourth-order valence-electron chi connectivity index (χ4n) is 2.49. The molecule has 3 rings (SSSR count). The van der Waals surface area contributed by atoms with E-state index in [4.69, 9.17) is 5.11 Å². The number of carbonyl (C=O) groups is 2. The van der Waals surface area contributed by atoms with Crippen molar-refractivity contribution < 1.29 is 23.5 Å². The van der Waals surface area contributed by atoms with Crippen molar-refractivity contribution in [3.63, 3.8) is 0 Å². The molecule has 9 heteroatoms. The van der Waals surface area contributed by atoms with E-state index in [0.717, 1.165) is 0 Å². The minimum Gasteiger partial charge on any atom is -0.477 e. The first kappa shape index (κ1) is 13.3. The van der Waals surface area contributed by atoms with Gasteiger partial charge < -0.3 is 14.6 Å². The molecule has 20 heavy (non-hydrogen) atoms. The van der Waals surface area contributed by atoms with Crippen molar-refractivity contribution in [1.29, 1.82) is 0 Å². The van der Waals surface area contributed by atoms with Crippen LogP contribution in [-0.2, 0) is 17.5 Å². The Balaban J connectivity index is 1.83. The number of nitrogens with one attached hydrogen (secondary N) is 1. The quantitative estimate of drug-likeness (QED) is 0.665. The van der Waals surface area contributed by atoms with Gasteiger partial charge >= 0.3 is 5.97 Å². The number of hydrogen-bond donors (Lipinski definition) is 3. The molecule has 0 bridgehead atoms. The Morgan fingerprint density at radius 2 is 2.20 bits per heavy atom. The monoisotopic (exact) mass is 299 g/mol. The summed E-state index contributed by atoms with van der Waals surface area (Å²) in [4.78, 5) is 24.7. The number of carboxylic acid groups (broad SMARTS) is 1. The number of hydrogen-bond acceptors (Lipinski definition) is 4. The van der Waals surface area contributed by atoms with E-state index in [1.807, 2.05) is 0 Å². The number of carbonyl (C=O) groups excluding carboxylic acids is 1. The van der Waals surface area contributed by atoms with Crippen LogP contribution >= 0.6 is 0 Å². The fourth-order valence-corrected chi connectivity index (χ4v) is 3.20. The zero-order valence-electron chi connectivity index (χ0n) is 10.5. The largest absolute Gasteiger partial charge is 0.477 e. The molecule has 1 aromatic heterocycles. The zero-order valence-corrected chi connectivity index (χ0v) is 11.3. The zero-order chi connectivity index (χ0) is 14.5. The molecule has 1 unspecified atom stereocenters. The van der Waals surface area contributed by atoms with Crippen LogP contribution < -0.4 is 0 Å². The van der Waals surface area contributed by atoms with Crippen LogP contribution in [0.4, 0.5) is 0 Å². The van der Waals surface area contributed by atoms with Gasteiger partial charge in [0.1, 0.15) is 5.69 Å². The average Bonchev–Trinajstić information content (AvgIpc) is 3.03. The average molecular weight is 299 g/mol. The highest BCUT2D eigenvalue weighted by Crippen LogP contribution is 2.42. The molecule has 0 spiro atoms. The number of carboxylic acids is 1. The molecule has 2 heterocycles. The number of aromatic nitrogens is 2. The van der Waals surface area contributed by atoms with Gasteiger partial charge in [-0.05, 0) is 19.3 Å². The Bertz CT molecular complexity index is 622. The van der Waals surface area contributed by atoms with Crippen LogP contribution in [0, 0.1) is 0 Å². The predicted octanol–water partition coefficient (Wildman–Crippen LogP) is -0.140. The molecule has 1 atom stereocenters. The highest BCUT2D eigenvalue weighted by Gasteiger charge is 2.51. The molecule has 3 N–H and O–H groups in total. The van der Waals surface area contributed by atoms with Gasteiger partial charge in [-0.1, -0.05) is 0 Å². The van der Waals surface area contributed by atoms with Crippen LogP contribution in [-0.4, -0.2) is 58.7 Å². The smallest absolute Gasteiger partial charge is 0.354 e. The summed E-state index contributed by atoms with van der Waals surface area (Å²) in [5.41, 5.74) is 0.460. The van der Waals surface area contributed by atoms with Crippen LogP contribution in [0.1, 0.15) is 39.4 Å². The number of H-pyrrole nitrogens is 1. The molecular weight excluding hydrogens is 286 g/mol. The highest BCUT2D eigenvalue weighted by atomic mass is 32.2. The lowest BCUT2D eigenvalue weighted by Gasteiger charge is -2.28. The van der Waals surface area contributed by atoms with Crippen molar-refractivity contribution in [3.05, 3.63) is 17.0 Å². The molecule has 1 aliphatic carbocycles. The topological polar surface area (TPSA) is 124 Å². The number of aromatic amines is 1. The lowest BCUT2D eigenvalue weighted by atomic mass is 10.0. The van der Waals surface area contributed by atoms with Gasteiger partial charge in [0.25, 0.3) is 5.91 Å². The number of amides is 1. The molecule has 0 radical (unpaired) electrons. The van der Waals surface area contributed by atoms with E-state index in [2.05, 4.69) is 10.2 Å². The Labute approximate surface area is 116 Å². The maximum Gasteiger partial charge on any atom is 0.354 e. The molecule has 108 valence electrons. The summed E-state index contributed by atoms with van der Waals surface area (Å²) in [5, 5.41) is 15.1. The van der Waals surface area contributed by atoms with E-state index >= 15 is 0 Å². The normalized spacial score (nSPS) is 21.4. The minimum absolute atomic E-state index is 0.0557. The van der Waals surface area contributed by atoms with Gasteiger partial charge in [0.05, 0.1) is 4.75 Å². The molecule has 1 amide bonds. The van der Waals surface area contributed by atoms with Crippen LogP contribution in [0.25, 0.3) is 0 Å². The third-order valence-corrected chi connectivity index (χ3v) is 5.14. The SMILES string of the molecule is O=C(O)c1[nH]nc2c1CCN(CC1(S(=O)O)CC1)C2=O. The van der Waals surface area contributed by atoms with Crippen molar-refractivity contribution in [3.8, 4) is 0 Å². The van der Waals surface area contributed by atoms with Crippen molar-refractivity contribution in [2.75, 3.05) is 13.1 Å². The van der Waals surface area contributed by atoms with Gasteiger partial charge in [-0.15, -0.1) is 0 Å². The molecule has 1 saturated carbocycles. The second-order valence-electron chi connectivity index (χ2n) is 5.14. The molecular formula is C11H13N3O5S. The first-order valence-electron chi connectivity index (χ1n) is 6.15. The van der Waals surface area contributed by atoms with Gasteiger partial charge in [-0.25, -0.2) is 9.00 Å². The van der Waals surface area contributed by atoms with E-state index in [-0.39, 0.29) is 23.8 Å². The van der Waals surface area contributed by atoms with Crippen LogP contribution in [0.15, 0.2) is 0 Å². The molecule has 0 aromatic carbocycles. The second-order valence-corrected chi connectivity index (χ2v) is 6.50. The lowest BCUT2D eigenvalue weighted by molar-refractivity contribution is 0.0688. The number of aromatic carboxylic acids is 1. The molecule has 8 nitrogen and oxygen atoms in total. The molecule has 1 fully saturated rings. The first-order chi connectivity index (χ1) is 9.44. The number of rotatable bonds is 4. The molecule has 1 aromatic rings. The van der Waals surface area contributed by atoms with Crippen molar-refractivity contribution in [2.24, 2.45) is 0 Å². The third-order valence-electron chi connectivity index (χ3n) is 3.86. The number of fused-ring (bicyclic) bond motifs is 1. The summed E-state index contributed by atoms with van der Waals surface area (Å²) >= 11 is -1.96. The third kappa shape index (κ3) is 1.93. The van der Waals surface area contributed by atoms with Gasteiger partial charge in [-0.3, -0.25) is 9.89 Å². The van der Waals surface area contributed by atoms with Crippen LogP contribution in [0.5, 0.6) is 0 Å². The van der Waals surface area contributed by atoms with E-state index in [1.165, 1.54) is 4.90 Å². The second kappa shape index (κ2) is 4.38. The van der Waals surface area contributed by atoms with E-state index in [0.29, 0.717) is 31.4 Å². The molecule has 2 aliphatic rings. The summed E-state index contributed by atoms with van der Waals surface area (Å²) in [7, 11) is 0. The Morgan fingerprint density at radius 1 is 1.50 bits per heavy atom. The van der Waals surface area contributed by atoms with Crippen molar-refractivity contribution in [1.82, 2.24) is 15.1 Å². The maximum atomic E-state index is 12.3. The summed E-state index contributed by atoms with van der Waals surface area (Å²) in [6.45, 7) is 0.550. The standard InChI is InChI=1S/C11H13N3O5S/c15-9-7-6(8(10(16)17)13-12-7)1-4-14(9)5-11(2-3-11)20(18)19/h1-5H2,(H,12,13)(H,16,17)(H,18,19). The Morgan fingerprint density at radius 3 is 2.75 bits per heavy atom. The van der Waals surface area contributed by atoms with Gasteiger partial charge in [0.2, 0.25) is 0 Å². The first-order valence-corrected chi connectivity index (χ1v) is 7.26. The minimum atomic E-state index is -1.96. The lowest BCUT2D eigenvalue weighted by Crippen LogP contribution is -2.44. The van der Waals surface area contributed by atoms with Gasteiger partial charge in [0, 0.05) is 18.7 Å². The van der Waals surface area contributed by atoms with Crippen molar-refractivity contribution in [2.45, 2.75) is 24.0 Å². The van der Waals surface area contributed by atoms with Gasteiger partial charge in [0.15, 0.2) is 16.8 Å². The number of nitrogens with zero attached hydrogens (tertiary/aromatic N) is 2. The summed E-state index contributed by atoms with van der Waals surface area (Å²) in [6.07, 6.45) is 1.62. The van der Waals surface area contributed by atoms with Crippen LogP contribution in [0.2, 0.25) is 0 Å². The summed E-state index contributed by atoms with van der Waals surface area (Å²) in [5.74, 6) is -1.53. The van der Waals surface area contributed by atoms with E-state index in [9.17, 15) is 18.4 Å². The molecule has 1 aliphatic heterocycles.